The molecular weight excluding hydrogens is 380 g/mol. The van der Waals surface area contributed by atoms with Crippen LogP contribution in [0.15, 0.2) is 42.1 Å². The number of carboxylic acids is 1. The van der Waals surface area contributed by atoms with Gasteiger partial charge in [-0.3, -0.25) is 9.59 Å². The molecule has 30 heavy (non-hydrogen) atoms. The van der Waals surface area contributed by atoms with E-state index in [1.165, 1.54) is 6.42 Å². The number of rotatable bonds is 3. The third-order valence-electron chi connectivity index (χ3n) is 6.23. The number of aliphatic carboxylic acids is 1. The Morgan fingerprint density at radius 2 is 1.90 bits per heavy atom. The molecule has 1 aliphatic carbocycles. The maximum absolute atomic E-state index is 12.9. The lowest BCUT2D eigenvalue weighted by molar-refractivity contribution is -0.141. The highest BCUT2D eigenvalue weighted by atomic mass is 16.5. The summed E-state index contributed by atoms with van der Waals surface area (Å²) >= 11 is 0. The number of nitrogens with zero attached hydrogens (tertiary/aromatic N) is 2. The SMILES string of the molecule is CC1C=C(N2C[C@@H](C)COc3cc(C(=O)N4CCCCC4)ccc32)C=CC1C(=O)O. The molecule has 0 aromatic heterocycles. The standard InChI is InChI=1S/C24H30N2O4/c1-16-14-26(19-7-8-20(24(28)29)17(2)12-19)21-9-6-18(13-22(21)30-15-16)23(27)25-10-4-3-5-11-25/h6-9,12-13,16-17,20H,3-5,10-11,14-15H2,1-2H3,(H,28,29)/t16-,17?,20?/m1/s1. The van der Waals surface area contributed by atoms with Gasteiger partial charge in [-0.05, 0) is 49.5 Å². The van der Waals surface area contributed by atoms with Crippen molar-refractivity contribution in [3.05, 3.63) is 47.7 Å². The molecule has 3 atom stereocenters. The lowest BCUT2D eigenvalue weighted by Gasteiger charge is -2.31. The van der Waals surface area contributed by atoms with Gasteiger partial charge < -0.3 is 19.6 Å². The highest BCUT2D eigenvalue weighted by molar-refractivity contribution is 5.95. The van der Waals surface area contributed by atoms with Crippen molar-refractivity contribution in [3.8, 4) is 5.75 Å². The Kier molecular flexibility index (Phi) is 5.84. The van der Waals surface area contributed by atoms with Gasteiger partial charge in [-0.1, -0.05) is 26.0 Å². The van der Waals surface area contributed by atoms with Gasteiger partial charge in [-0.25, -0.2) is 0 Å². The van der Waals surface area contributed by atoms with Crippen LogP contribution in [-0.4, -0.2) is 48.1 Å². The summed E-state index contributed by atoms with van der Waals surface area (Å²) in [5.74, 6) is -0.323. The molecule has 1 saturated heterocycles. The van der Waals surface area contributed by atoms with Crippen LogP contribution in [0.2, 0.25) is 0 Å². The number of carbonyl (C=O) groups excluding carboxylic acids is 1. The van der Waals surface area contributed by atoms with E-state index in [2.05, 4.69) is 11.8 Å². The van der Waals surface area contributed by atoms with Gasteiger partial charge in [0, 0.05) is 36.8 Å². The van der Waals surface area contributed by atoms with Crippen LogP contribution >= 0.6 is 0 Å². The van der Waals surface area contributed by atoms with Gasteiger partial charge in [-0.2, -0.15) is 0 Å². The third-order valence-corrected chi connectivity index (χ3v) is 6.23. The number of hydrogen-bond acceptors (Lipinski definition) is 4. The third kappa shape index (κ3) is 4.09. The van der Waals surface area contributed by atoms with Crippen molar-refractivity contribution in [2.24, 2.45) is 17.8 Å². The summed E-state index contributed by atoms with van der Waals surface area (Å²) in [6.45, 7) is 7.05. The Labute approximate surface area is 177 Å². The second kappa shape index (κ2) is 8.54. The van der Waals surface area contributed by atoms with Gasteiger partial charge in [0.1, 0.15) is 5.75 Å². The number of benzene rings is 1. The van der Waals surface area contributed by atoms with E-state index in [0.29, 0.717) is 23.8 Å². The van der Waals surface area contributed by atoms with Crippen molar-refractivity contribution in [1.29, 1.82) is 0 Å². The number of ether oxygens (including phenoxy) is 1. The Morgan fingerprint density at radius 1 is 1.13 bits per heavy atom. The molecule has 3 aliphatic rings. The lowest BCUT2D eigenvalue weighted by Crippen LogP contribution is -2.35. The second-order valence-corrected chi connectivity index (χ2v) is 8.74. The van der Waals surface area contributed by atoms with Gasteiger partial charge in [0.25, 0.3) is 5.91 Å². The molecule has 6 nitrogen and oxygen atoms in total. The van der Waals surface area contributed by atoms with E-state index in [9.17, 15) is 14.7 Å². The molecule has 160 valence electrons. The molecular formula is C24H30N2O4. The van der Waals surface area contributed by atoms with Crippen LogP contribution in [0.1, 0.15) is 43.5 Å². The van der Waals surface area contributed by atoms with Crippen LogP contribution in [0, 0.1) is 17.8 Å². The summed E-state index contributed by atoms with van der Waals surface area (Å²) in [6, 6.07) is 5.72. The molecule has 1 fully saturated rings. The largest absolute Gasteiger partial charge is 0.491 e. The zero-order valence-corrected chi connectivity index (χ0v) is 17.7. The van der Waals surface area contributed by atoms with E-state index < -0.39 is 11.9 Å². The minimum absolute atomic E-state index is 0.0691. The first-order valence-corrected chi connectivity index (χ1v) is 10.9. The number of anilines is 1. The number of likely N-dealkylation sites (tertiary alicyclic amines) is 1. The predicted octanol–water partition coefficient (Wildman–Crippen LogP) is 3.94. The van der Waals surface area contributed by atoms with Gasteiger partial charge in [0.15, 0.2) is 0 Å². The van der Waals surface area contributed by atoms with Gasteiger partial charge in [0.05, 0.1) is 18.2 Å². The summed E-state index contributed by atoms with van der Waals surface area (Å²) in [6.07, 6.45) is 9.00. The Balaban J connectivity index is 1.63. The summed E-state index contributed by atoms with van der Waals surface area (Å²) in [5.41, 5.74) is 2.57. The molecule has 0 spiro atoms. The number of carbonyl (C=O) groups is 2. The first-order chi connectivity index (χ1) is 14.4. The minimum atomic E-state index is -0.803. The molecule has 4 rings (SSSR count). The number of hydrogen-bond donors (Lipinski definition) is 1. The van der Waals surface area contributed by atoms with E-state index >= 15 is 0 Å². The second-order valence-electron chi connectivity index (χ2n) is 8.74. The van der Waals surface area contributed by atoms with E-state index in [4.69, 9.17) is 4.74 Å². The summed E-state index contributed by atoms with van der Waals surface area (Å²) in [4.78, 5) is 28.5. The highest BCUT2D eigenvalue weighted by Gasteiger charge is 2.29. The van der Waals surface area contributed by atoms with Crippen molar-refractivity contribution in [1.82, 2.24) is 4.90 Å². The minimum Gasteiger partial charge on any atom is -0.491 e. The number of amides is 1. The van der Waals surface area contributed by atoms with Crippen LogP contribution in [0.25, 0.3) is 0 Å². The molecule has 1 N–H and O–H groups in total. The maximum Gasteiger partial charge on any atom is 0.310 e. The first kappa shape index (κ1) is 20.5. The van der Waals surface area contributed by atoms with E-state index in [1.54, 1.807) is 6.08 Å². The van der Waals surface area contributed by atoms with Crippen LogP contribution < -0.4 is 9.64 Å². The fraction of sp³-hybridized carbons (Fsp3) is 0.500. The van der Waals surface area contributed by atoms with E-state index in [0.717, 1.165) is 43.9 Å². The normalized spacial score (nSPS) is 26.3. The van der Waals surface area contributed by atoms with Crippen LogP contribution in [0.4, 0.5) is 5.69 Å². The first-order valence-electron chi connectivity index (χ1n) is 10.9. The zero-order chi connectivity index (χ0) is 21.3. The number of fused-ring (bicyclic) bond motifs is 1. The van der Waals surface area contributed by atoms with Gasteiger partial charge >= 0.3 is 5.97 Å². The predicted molar refractivity (Wildman–Crippen MR) is 116 cm³/mol. The zero-order valence-electron chi connectivity index (χ0n) is 17.7. The average Bonchev–Trinajstić information content (AvgIpc) is 2.92. The molecule has 2 heterocycles. The fourth-order valence-electron chi connectivity index (χ4n) is 4.50. The lowest BCUT2D eigenvalue weighted by atomic mass is 9.88. The number of piperidine rings is 1. The summed E-state index contributed by atoms with van der Waals surface area (Å²) in [5, 5.41) is 9.39. The fourth-order valence-corrected chi connectivity index (χ4v) is 4.50. The average molecular weight is 411 g/mol. The maximum atomic E-state index is 12.9. The molecule has 1 amide bonds. The van der Waals surface area contributed by atoms with Crippen molar-refractivity contribution < 1.29 is 19.4 Å². The monoisotopic (exact) mass is 410 g/mol. The summed E-state index contributed by atoms with van der Waals surface area (Å²) in [7, 11) is 0. The smallest absolute Gasteiger partial charge is 0.310 e. The van der Waals surface area contributed by atoms with Crippen molar-refractivity contribution >= 4 is 17.6 Å². The van der Waals surface area contributed by atoms with Gasteiger partial charge in [-0.15, -0.1) is 0 Å². The molecule has 2 unspecified atom stereocenters. The van der Waals surface area contributed by atoms with Crippen LogP contribution in [0.5, 0.6) is 5.75 Å². The van der Waals surface area contributed by atoms with Crippen molar-refractivity contribution in [2.75, 3.05) is 31.1 Å². The number of carboxylic acid groups (broad SMARTS) is 1. The van der Waals surface area contributed by atoms with Crippen LogP contribution in [0.3, 0.4) is 0 Å². The molecule has 2 aliphatic heterocycles. The van der Waals surface area contributed by atoms with Crippen LogP contribution in [-0.2, 0) is 4.79 Å². The molecule has 1 aromatic carbocycles. The Bertz CT molecular complexity index is 885. The van der Waals surface area contributed by atoms with Crippen molar-refractivity contribution in [2.45, 2.75) is 33.1 Å². The van der Waals surface area contributed by atoms with E-state index in [-0.39, 0.29) is 11.8 Å². The molecule has 6 heteroatoms. The Morgan fingerprint density at radius 3 is 2.60 bits per heavy atom. The molecule has 0 bridgehead atoms. The Hall–Kier alpha value is -2.76. The quantitative estimate of drug-likeness (QED) is 0.817. The molecule has 0 saturated carbocycles. The highest BCUT2D eigenvalue weighted by Crippen LogP contribution is 2.37. The molecule has 0 radical (unpaired) electrons. The summed E-state index contributed by atoms with van der Waals surface area (Å²) < 4.78 is 6.09. The van der Waals surface area contributed by atoms with Crippen molar-refractivity contribution in [3.63, 3.8) is 0 Å². The number of allylic oxidation sites excluding steroid dienone is 2. The topological polar surface area (TPSA) is 70.1 Å². The van der Waals surface area contributed by atoms with Gasteiger partial charge in [0.2, 0.25) is 0 Å². The van der Waals surface area contributed by atoms with E-state index in [1.807, 2.05) is 42.2 Å². The molecule has 1 aromatic rings.